The van der Waals surface area contributed by atoms with Crippen LogP contribution in [-0.4, -0.2) is 11.7 Å². The van der Waals surface area contributed by atoms with Crippen LogP contribution in [0.25, 0.3) is 0 Å². The summed E-state index contributed by atoms with van der Waals surface area (Å²) in [5.74, 6) is 0. The maximum Gasteiger partial charge on any atom is 4.00 e. The average Bonchev–Trinajstić information content (AvgIpc) is 2.35. The van der Waals surface area contributed by atoms with Crippen LogP contribution in [0, 0.1) is 0 Å². The minimum Gasteiger partial charge on any atom is -0.396 e. The van der Waals surface area contributed by atoms with Gasteiger partial charge in [0.1, 0.15) is 0 Å². The van der Waals surface area contributed by atoms with Crippen molar-refractivity contribution in [3.05, 3.63) is 0 Å². The van der Waals surface area contributed by atoms with E-state index in [1.165, 1.54) is 83.5 Å². The summed E-state index contributed by atoms with van der Waals surface area (Å²) in [6.07, 6.45) is 19.2. The van der Waals surface area contributed by atoms with Crippen molar-refractivity contribution < 1.29 is 26.8 Å². The van der Waals surface area contributed by atoms with Gasteiger partial charge in [-0.15, -0.1) is 0 Å². The molecule has 0 aromatic carbocycles. The van der Waals surface area contributed by atoms with Gasteiger partial charge in [0.15, 0.2) is 0 Å². The van der Waals surface area contributed by atoms with Gasteiger partial charge in [-0.25, -0.2) is 0 Å². The minimum atomic E-state index is 0. The summed E-state index contributed by atoms with van der Waals surface area (Å²) in [6, 6.07) is 0. The van der Waals surface area contributed by atoms with Crippen LogP contribution in [-0.2, 0) is 21.7 Å². The number of aliphatic hydroxyl groups is 1. The number of hydrogen-bond acceptors (Lipinski definition) is 1. The van der Waals surface area contributed by atoms with Crippen molar-refractivity contribution in [1.29, 1.82) is 0 Å². The molecule has 0 aromatic heterocycles. The SMILES string of the molecule is CCCCCCCCCCCCCCCCO.[Ti+4]. The van der Waals surface area contributed by atoms with Crippen LogP contribution in [0.1, 0.15) is 96.8 Å². The fourth-order valence-corrected chi connectivity index (χ4v) is 2.31. The molecule has 0 aliphatic carbocycles. The van der Waals surface area contributed by atoms with E-state index in [1.807, 2.05) is 0 Å². The fraction of sp³-hybridized carbons (Fsp3) is 1.00. The van der Waals surface area contributed by atoms with Gasteiger partial charge in [0.2, 0.25) is 0 Å². The van der Waals surface area contributed by atoms with Crippen molar-refractivity contribution in [3.63, 3.8) is 0 Å². The van der Waals surface area contributed by atoms with E-state index < -0.39 is 0 Å². The van der Waals surface area contributed by atoms with Crippen molar-refractivity contribution >= 4 is 0 Å². The summed E-state index contributed by atoms with van der Waals surface area (Å²) in [7, 11) is 0. The molecule has 0 radical (unpaired) electrons. The third kappa shape index (κ3) is 19.0. The Morgan fingerprint density at radius 2 is 0.778 bits per heavy atom. The van der Waals surface area contributed by atoms with E-state index in [-0.39, 0.29) is 21.7 Å². The standard InChI is InChI=1S/C16H34O.Ti/c1-2-3-4-5-6-7-8-9-10-11-12-13-14-15-16-17;/h17H,2-16H2,1H3;/q;+4. The molecule has 0 aliphatic heterocycles. The number of rotatable bonds is 14. The monoisotopic (exact) mass is 290 g/mol. The Morgan fingerprint density at radius 1 is 0.500 bits per heavy atom. The summed E-state index contributed by atoms with van der Waals surface area (Å²) in [6.45, 7) is 2.65. The molecule has 0 amide bonds. The summed E-state index contributed by atoms with van der Waals surface area (Å²) >= 11 is 0. The summed E-state index contributed by atoms with van der Waals surface area (Å²) < 4.78 is 0. The fourth-order valence-electron chi connectivity index (χ4n) is 2.31. The Balaban J connectivity index is 0. The van der Waals surface area contributed by atoms with E-state index in [9.17, 15) is 0 Å². The Morgan fingerprint density at radius 3 is 1.06 bits per heavy atom. The van der Waals surface area contributed by atoms with Crippen LogP contribution >= 0.6 is 0 Å². The van der Waals surface area contributed by atoms with Crippen molar-refractivity contribution in [1.82, 2.24) is 0 Å². The predicted molar refractivity (Wildman–Crippen MR) is 77.4 cm³/mol. The van der Waals surface area contributed by atoms with Crippen molar-refractivity contribution in [3.8, 4) is 0 Å². The quantitative estimate of drug-likeness (QED) is 0.333. The first-order valence-corrected chi connectivity index (χ1v) is 8.02. The van der Waals surface area contributed by atoms with Crippen LogP contribution in [0.4, 0.5) is 0 Å². The Bertz CT molecular complexity index is 114. The third-order valence-corrected chi connectivity index (χ3v) is 3.51. The molecule has 104 valence electrons. The molecule has 0 spiro atoms. The normalized spacial score (nSPS) is 10.3. The Hall–Kier alpha value is 0.674. The molecule has 0 aromatic rings. The number of unbranched alkanes of at least 4 members (excludes halogenated alkanes) is 13. The van der Waals surface area contributed by atoms with E-state index in [4.69, 9.17) is 5.11 Å². The van der Waals surface area contributed by atoms with E-state index in [2.05, 4.69) is 6.92 Å². The molecule has 0 saturated heterocycles. The molecule has 0 rings (SSSR count). The second-order valence-corrected chi connectivity index (χ2v) is 5.32. The van der Waals surface area contributed by atoms with Gasteiger partial charge in [0.25, 0.3) is 0 Å². The molecule has 0 atom stereocenters. The van der Waals surface area contributed by atoms with E-state index in [0.29, 0.717) is 6.61 Å². The average molecular weight is 290 g/mol. The molecule has 1 N–H and O–H groups in total. The Kier molecular flexibility index (Phi) is 23.3. The zero-order chi connectivity index (χ0) is 12.6. The second-order valence-electron chi connectivity index (χ2n) is 5.32. The molecule has 18 heavy (non-hydrogen) atoms. The van der Waals surface area contributed by atoms with Gasteiger partial charge < -0.3 is 5.11 Å². The van der Waals surface area contributed by atoms with Crippen molar-refractivity contribution in [2.75, 3.05) is 6.61 Å². The summed E-state index contributed by atoms with van der Waals surface area (Å²) in [4.78, 5) is 0. The number of aliphatic hydroxyl groups excluding tert-OH is 1. The zero-order valence-corrected chi connectivity index (χ0v) is 14.1. The molecule has 0 heterocycles. The van der Waals surface area contributed by atoms with Crippen LogP contribution in [0.15, 0.2) is 0 Å². The van der Waals surface area contributed by atoms with Gasteiger partial charge >= 0.3 is 21.7 Å². The first kappa shape index (κ1) is 21.0. The van der Waals surface area contributed by atoms with E-state index in [1.54, 1.807) is 0 Å². The molecule has 0 fully saturated rings. The molecule has 2 heteroatoms. The van der Waals surface area contributed by atoms with Crippen LogP contribution in [0.3, 0.4) is 0 Å². The van der Waals surface area contributed by atoms with E-state index >= 15 is 0 Å². The zero-order valence-electron chi connectivity index (χ0n) is 12.6. The van der Waals surface area contributed by atoms with Gasteiger partial charge in [-0.1, -0.05) is 90.4 Å². The van der Waals surface area contributed by atoms with E-state index in [0.717, 1.165) is 6.42 Å². The topological polar surface area (TPSA) is 20.2 Å². The summed E-state index contributed by atoms with van der Waals surface area (Å²) in [5, 5.41) is 8.64. The van der Waals surface area contributed by atoms with Crippen LogP contribution < -0.4 is 0 Å². The Labute approximate surface area is 130 Å². The van der Waals surface area contributed by atoms with Gasteiger partial charge in [-0.05, 0) is 6.42 Å². The largest absolute Gasteiger partial charge is 4.00 e. The van der Waals surface area contributed by atoms with Gasteiger partial charge in [0.05, 0.1) is 0 Å². The maximum atomic E-state index is 8.64. The second kappa shape index (κ2) is 20.0. The van der Waals surface area contributed by atoms with Gasteiger partial charge in [-0.3, -0.25) is 0 Å². The predicted octanol–water partition coefficient (Wildman–Crippen LogP) is 5.46. The first-order valence-electron chi connectivity index (χ1n) is 8.02. The molecule has 0 unspecified atom stereocenters. The molecule has 0 saturated carbocycles. The van der Waals surface area contributed by atoms with Crippen molar-refractivity contribution in [2.45, 2.75) is 96.8 Å². The maximum absolute atomic E-state index is 8.64. The van der Waals surface area contributed by atoms with Crippen molar-refractivity contribution in [2.24, 2.45) is 0 Å². The van der Waals surface area contributed by atoms with Gasteiger partial charge in [0, 0.05) is 6.61 Å². The van der Waals surface area contributed by atoms with Crippen LogP contribution in [0.2, 0.25) is 0 Å². The summed E-state index contributed by atoms with van der Waals surface area (Å²) in [5.41, 5.74) is 0. The molecule has 1 nitrogen and oxygen atoms in total. The third-order valence-electron chi connectivity index (χ3n) is 3.51. The minimum absolute atomic E-state index is 0. The van der Waals surface area contributed by atoms with Crippen LogP contribution in [0.5, 0.6) is 0 Å². The smallest absolute Gasteiger partial charge is 0.396 e. The van der Waals surface area contributed by atoms with Gasteiger partial charge in [-0.2, -0.15) is 0 Å². The molecular formula is C16H34OTi+4. The number of hydrogen-bond donors (Lipinski definition) is 1. The molecule has 0 bridgehead atoms. The molecular weight excluding hydrogens is 256 g/mol. The first-order chi connectivity index (χ1) is 8.41. The molecule has 0 aliphatic rings.